The molecule has 2 amide bonds. The second-order valence-corrected chi connectivity index (χ2v) is 7.58. The Hall–Kier alpha value is -3.21. The Morgan fingerprint density at radius 3 is 2.86 bits per heavy atom. The standard InChI is InChI=1S/C23H21N3O2/c27-21-13-18(14-26(21)19-10-9-15-4-1-6-17(15)12-19)23(28)25-20-8-2-5-16-7-3-11-24-22(16)20/h2-3,5,7-12,18H,1,4,6,13-14H2,(H,25,28)/t18-/m1/s1. The number of nitrogens with one attached hydrogen (secondary N) is 1. The predicted octanol–water partition coefficient (Wildman–Crippen LogP) is 3.72. The lowest BCUT2D eigenvalue weighted by atomic mass is 10.1. The zero-order chi connectivity index (χ0) is 19.1. The molecule has 0 radical (unpaired) electrons. The first kappa shape index (κ1) is 16.9. The van der Waals surface area contributed by atoms with Crippen LogP contribution in [0.25, 0.3) is 10.9 Å². The predicted molar refractivity (Wildman–Crippen MR) is 109 cm³/mol. The molecule has 0 saturated carbocycles. The van der Waals surface area contributed by atoms with Crippen molar-refractivity contribution in [2.75, 3.05) is 16.8 Å². The van der Waals surface area contributed by atoms with E-state index in [0.717, 1.165) is 29.4 Å². The maximum atomic E-state index is 12.9. The minimum atomic E-state index is -0.361. The van der Waals surface area contributed by atoms with Crippen LogP contribution in [0.4, 0.5) is 11.4 Å². The second kappa shape index (κ2) is 6.75. The smallest absolute Gasteiger partial charge is 0.229 e. The molecule has 1 fully saturated rings. The number of hydrogen-bond donors (Lipinski definition) is 1. The number of aromatic nitrogens is 1. The molecule has 1 aliphatic heterocycles. The van der Waals surface area contributed by atoms with Gasteiger partial charge in [-0.2, -0.15) is 0 Å². The van der Waals surface area contributed by atoms with Gasteiger partial charge in [-0.3, -0.25) is 14.6 Å². The Labute approximate surface area is 163 Å². The summed E-state index contributed by atoms with van der Waals surface area (Å²) in [6.45, 7) is 0.418. The number of para-hydroxylation sites is 1. The van der Waals surface area contributed by atoms with E-state index in [1.54, 1.807) is 11.1 Å². The minimum absolute atomic E-state index is 0.00846. The minimum Gasteiger partial charge on any atom is -0.324 e. The second-order valence-electron chi connectivity index (χ2n) is 7.58. The van der Waals surface area contributed by atoms with E-state index in [4.69, 9.17) is 0 Å². The molecule has 5 heteroatoms. The first-order valence-corrected chi connectivity index (χ1v) is 9.76. The molecular formula is C23H21N3O2. The van der Waals surface area contributed by atoms with Crippen molar-refractivity contribution in [2.45, 2.75) is 25.7 Å². The molecule has 140 valence electrons. The molecule has 5 rings (SSSR count). The number of anilines is 2. The van der Waals surface area contributed by atoms with Crippen molar-refractivity contribution in [3.8, 4) is 0 Å². The van der Waals surface area contributed by atoms with E-state index in [0.29, 0.717) is 12.2 Å². The van der Waals surface area contributed by atoms with Crippen LogP contribution in [0.5, 0.6) is 0 Å². The van der Waals surface area contributed by atoms with E-state index >= 15 is 0 Å². The molecule has 0 bridgehead atoms. The molecule has 1 aromatic heterocycles. The fraction of sp³-hybridized carbons (Fsp3) is 0.261. The van der Waals surface area contributed by atoms with Crippen LogP contribution in [0.1, 0.15) is 24.0 Å². The maximum Gasteiger partial charge on any atom is 0.229 e. The quantitative estimate of drug-likeness (QED) is 0.763. The average molecular weight is 371 g/mol. The molecule has 28 heavy (non-hydrogen) atoms. The molecule has 2 heterocycles. The van der Waals surface area contributed by atoms with Crippen LogP contribution in [-0.4, -0.2) is 23.3 Å². The van der Waals surface area contributed by atoms with Crippen LogP contribution in [0, 0.1) is 5.92 Å². The van der Waals surface area contributed by atoms with Gasteiger partial charge in [0.2, 0.25) is 11.8 Å². The van der Waals surface area contributed by atoms with Crippen LogP contribution in [0.2, 0.25) is 0 Å². The summed E-state index contributed by atoms with van der Waals surface area (Å²) in [5.41, 5.74) is 5.07. The van der Waals surface area contributed by atoms with E-state index in [2.05, 4.69) is 22.4 Å². The Balaban J connectivity index is 1.34. The zero-order valence-electron chi connectivity index (χ0n) is 15.5. The van der Waals surface area contributed by atoms with Crippen LogP contribution in [-0.2, 0) is 22.4 Å². The number of rotatable bonds is 3. The molecule has 0 spiro atoms. The number of hydrogen-bond acceptors (Lipinski definition) is 3. The summed E-state index contributed by atoms with van der Waals surface area (Å²) in [6.07, 6.45) is 5.32. The van der Waals surface area contributed by atoms with E-state index in [9.17, 15) is 9.59 Å². The van der Waals surface area contributed by atoms with Crippen molar-refractivity contribution >= 4 is 34.1 Å². The number of carbonyl (C=O) groups excluding carboxylic acids is 2. The van der Waals surface area contributed by atoms with Crippen LogP contribution < -0.4 is 10.2 Å². The average Bonchev–Trinajstić information content (AvgIpc) is 3.34. The van der Waals surface area contributed by atoms with Gasteiger partial charge in [0.15, 0.2) is 0 Å². The first-order chi connectivity index (χ1) is 13.7. The number of pyridine rings is 1. The number of amides is 2. The van der Waals surface area contributed by atoms with Crippen LogP contribution in [0.15, 0.2) is 54.7 Å². The Morgan fingerprint density at radius 2 is 1.93 bits per heavy atom. The topological polar surface area (TPSA) is 62.3 Å². The van der Waals surface area contributed by atoms with Gasteiger partial charge >= 0.3 is 0 Å². The highest BCUT2D eigenvalue weighted by atomic mass is 16.2. The monoisotopic (exact) mass is 371 g/mol. The van der Waals surface area contributed by atoms with E-state index < -0.39 is 0 Å². The summed E-state index contributed by atoms with van der Waals surface area (Å²) in [4.78, 5) is 31.6. The number of aryl methyl sites for hydroxylation is 2. The summed E-state index contributed by atoms with van der Waals surface area (Å²) in [7, 11) is 0. The van der Waals surface area contributed by atoms with Crippen LogP contribution >= 0.6 is 0 Å². The summed E-state index contributed by atoms with van der Waals surface area (Å²) >= 11 is 0. The van der Waals surface area contributed by atoms with Gasteiger partial charge in [0.1, 0.15) is 0 Å². The van der Waals surface area contributed by atoms with Crippen molar-refractivity contribution in [2.24, 2.45) is 5.92 Å². The lowest BCUT2D eigenvalue weighted by Gasteiger charge is -2.18. The molecule has 2 aliphatic rings. The number of benzene rings is 2. The highest BCUT2D eigenvalue weighted by Crippen LogP contribution is 2.31. The zero-order valence-corrected chi connectivity index (χ0v) is 15.5. The maximum absolute atomic E-state index is 12.9. The van der Waals surface area contributed by atoms with Gasteiger partial charge in [0.05, 0.1) is 17.1 Å². The molecule has 1 atom stereocenters. The van der Waals surface area contributed by atoms with Gasteiger partial charge in [-0.15, -0.1) is 0 Å². The largest absolute Gasteiger partial charge is 0.324 e. The molecule has 1 saturated heterocycles. The molecule has 1 aliphatic carbocycles. The summed E-state index contributed by atoms with van der Waals surface area (Å²) in [5.74, 6) is -0.482. The first-order valence-electron chi connectivity index (χ1n) is 9.76. The third-order valence-electron chi connectivity index (χ3n) is 5.78. The number of nitrogens with zero attached hydrogens (tertiary/aromatic N) is 2. The molecular weight excluding hydrogens is 350 g/mol. The molecule has 0 unspecified atom stereocenters. The molecule has 3 aromatic rings. The van der Waals surface area contributed by atoms with Crippen LogP contribution in [0.3, 0.4) is 0 Å². The van der Waals surface area contributed by atoms with Crippen molar-refractivity contribution < 1.29 is 9.59 Å². The highest BCUT2D eigenvalue weighted by Gasteiger charge is 2.35. The third-order valence-corrected chi connectivity index (χ3v) is 5.78. The normalized spacial score (nSPS) is 18.5. The Kier molecular flexibility index (Phi) is 4.08. The third kappa shape index (κ3) is 2.93. The molecule has 1 N–H and O–H groups in total. The highest BCUT2D eigenvalue weighted by molar-refractivity contribution is 6.06. The van der Waals surface area contributed by atoms with Gasteiger partial charge in [0, 0.05) is 30.2 Å². The number of carbonyl (C=O) groups is 2. The van der Waals surface area contributed by atoms with Gasteiger partial charge in [-0.1, -0.05) is 24.3 Å². The Bertz CT molecular complexity index is 1090. The summed E-state index contributed by atoms with van der Waals surface area (Å²) < 4.78 is 0. The van der Waals surface area contributed by atoms with E-state index in [1.807, 2.05) is 36.4 Å². The summed E-state index contributed by atoms with van der Waals surface area (Å²) in [5, 5.41) is 3.96. The lowest BCUT2D eigenvalue weighted by Crippen LogP contribution is -2.28. The van der Waals surface area contributed by atoms with E-state index in [1.165, 1.54) is 17.5 Å². The van der Waals surface area contributed by atoms with Gasteiger partial charge in [-0.05, 0) is 54.7 Å². The Morgan fingerprint density at radius 1 is 1.07 bits per heavy atom. The van der Waals surface area contributed by atoms with Crippen molar-refractivity contribution in [3.05, 3.63) is 65.9 Å². The van der Waals surface area contributed by atoms with Gasteiger partial charge in [0.25, 0.3) is 0 Å². The lowest BCUT2D eigenvalue weighted by molar-refractivity contribution is -0.122. The molecule has 5 nitrogen and oxygen atoms in total. The summed E-state index contributed by atoms with van der Waals surface area (Å²) in [6, 6.07) is 15.8. The van der Waals surface area contributed by atoms with Crippen molar-refractivity contribution in [1.82, 2.24) is 4.98 Å². The fourth-order valence-corrected chi connectivity index (χ4v) is 4.30. The SMILES string of the molecule is O=C(Nc1cccc2cccnc12)[C@@H]1CC(=O)N(c2ccc3c(c2)CCC3)C1. The fourth-order valence-electron chi connectivity index (χ4n) is 4.30. The molecule has 2 aromatic carbocycles. The van der Waals surface area contributed by atoms with Gasteiger partial charge in [-0.25, -0.2) is 0 Å². The van der Waals surface area contributed by atoms with Crippen molar-refractivity contribution in [3.63, 3.8) is 0 Å². The van der Waals surface area contributed by atoms with Crippen molar-refractivity contribution in [1.29, 1.82) is 0 Å². The number of fused-ring (bicyclic) bond motifs is 2. The van der Waals surface area contributed by atoms with Gasteiger partial charge < -0.3 is 10.2 Å². The van der Waals surface area contributed by atoms with E-state index in [-0.39, 0.29) is 24.2 Å².